The number of hydrogen-bond donors (Lipinski definition) is 1. The summed E-state index contributed by atoms with van der Waals surface area (Å²) in [4.78, 5) is 22.8. The van der Waals surface area contributed by atoms with E-state index in [-0.39, 0.29) is 23.3 Å². The molecular formula is C13H23NO3S. The Labute approximate surface area is 113 Å². The molecule has 1 fully saturated rings. The second-order valence-corrected chi connectivity index (χ2v) is 6.11. The van der Waals surface area contributed by atoms with Crippen molar-refractivity contribution in [2.75, 3.05) is 18.6 Å². The fraction of sp³-hybridized carbons (Fsp3) is 0.846. The summed E-state index contributed by atoms with van der Waals surface area (Å²) in [6.45, 7) is 4.05. The van der Waals surface area contributed by atoms with Gasteiger partial charge in [0.05, 0.1) is 19.3 Å². The quantitative estimate of drug-likeness (QED) is 0.687. The number of thioether (sulfide) groups is 1. The van der Waals surface area contributed by atoms with Crippen molar-refractivity contribution in [1.29, 1.82) is 0 Å². The van der Waals surface area contributed by atoms with E-state index in [1.807, 2.05) is 13.8 Å². The number of esters is 1. The van der Waals surface area contributed by atoms with Crippen LogP contribution < -0.4 is 5.32 Å². The van der Waals surface area contributed by atoms with Gasteiger partial charge in [-0.15, -0.1) is 0 Å². The van der Waals surface area contributed by atoms with Gasteiger partial charge in [0.25, 0.3) is 0 Å². The lowest BCUT2D eigenvalue weighted by Crippen LogP contribution is -2.33. The van der Waals surface area contributed by atoms with Crippen LogP contribution in [0.15, 0.2) is 0 Å². The molecule has 0 aromatic carbocycles. The van der Waals surface area contributed by atoms with E-state index in [4.69, 9.17) is 4.74 Å². The molecule has 5 heteroatoms. The molecule has 1 atom stereocenters. The van der Waals surface area contributed by atoms with Gasteiger partial charge in [-0.05, 0) is 37.4 Å². The Morgan fingerprint density at radius 3 is 2.61 bits per heavy atom. The Bertz CT molecular complexity index is 303. The van der Waals surface area contributed by atoms with Crippen molar-refractivity contribution < 1.29 is 14.3 Å². The van der Waals surface area contributed by atoms with Gasteiger partial charge in [0.1, 0.15) is 0 Å². The molecule has 0 radical (unpaired) electrons. The number of methoxy groups -OCH3 is 1. The van der Waals surface area contributed by atoms with Crippen LogP contribution in [0.3, 0.4) is 0 Å². The van der Waals surface area contributed by atoms with Gasteiger partial charge >= 0.3 is 5.97 Å². The lowest BCUT2D eigenvalue weighted by molar-refractivity contribution is -0.141. The first kappa shape index (κ1) is 15.3. The van der Waals surface area contributed by atoms with Crippen LogP contribution in [0, 0.1) is 5.41 Å². The van der Waals surface area contributed by atoms with Crippen LogP contribution in [0.2, 0.25) is 0 Å². The Morgan fingerprint density at radius 1 is 1.44 bits per heavy atom. The van der Waals surface area contributed by atoms with E-state index in [2.05, 4.69) is 5.32 Å². The Morgan fingerprint density at radius 2 is 2.11 bits per heavy atom. The first-order chi connectivity index (χ1) is 8.51. The minimum atomic E-state index is -0.142. The average molecular weight is 273 g/mol. The molecule has 1 N–H and O–H groups in total. The number of nitrogens with one attached hydrogen (secondary N) is 1. The molecule has 104 valence electrons. The van der Waals surface area contributed by atoms with Gasteiger partial charge in [-0.2, -0.15) is 11.8 Å². The van der Waals surface area contributed by atoms with Crippen molar-refractivity contribution in [2.24, 2.45) is 5.41 Å². The lowest BCUT2D eigenvalue weighted by Gasteiger charge is -2.14. The largest absolute Gasteiger partial charge is 0.469 e. The predicted octanol–water partition coefficient (Wildman–Crippen LogP) is 1.98. The molecular weight excluding hydrogens is 250 g/mol. The third-order valence-electron chi connectivity index (χ3n) is 3.37. The third kappa shape index (κ3) is 5.29. The van der Waals surface area contributed by atoms with Gasteiger partial charge in [0.2, 0.25) is 5.91 Å². The number of rotatable bonds is 8. The van der Waals surface area contributed by atoms with E-state index in [0.29, 0.717) is 12.2 Å². The minimum Gasteiger partial charge on any atom is -0.469 e. The summed E-state index contributed by atoms with van der Waals surface area (Å²) in [5.74, 6) is 1.30. The third-order valence-corrected chi connectivity index (χ3v) is 4.65. The van der Waals surface area contributed by atoms with Gasteiger partial charge in [-0.1, -0.05) is 6.92 Å². The first-order valence-corrected chi connectivity index (χ1v) is 7.61. The minimum absolute atomic E-state index is 0.0863. The fourth-order valence-corrected chi connectivity index (χ4v) is 2.90. The molecule has 18 heavy (non-hydrogen) atoms. The maximum absolute atomic E-state index is 11.6. The smallest absolute Gasteiger partial charge is 0.306 e. The van der Waals surface area contributed by atoms with Crippen LogP contribution in [-0.2, 0) is 14.3 Å². The molecule has 0 aromatic rings. The van der Waals surface area contributed by atoms with Crippen molar-refractivity contribution >= 4 is 23.6 Å². The number of carbonyl (C=O) groups is 2. The molecule has 1 unspecified atom stereocenters. The number of ether oxygens (including phenoxy) is 1. The molecule has 1 rings (SSSR count). The Balaban J connectivity index is 2.17. The molecule has 0 spiro atoms. The lowest BCUT2D eigenvalue weighted by atomic mass is 10.1. The monoisotopic (exact) mass is 273 g/mol. The van der Waals surface area contributed by atoms with Crippen LogP contribution in [0.1, 0.15) is 39.5 Å². The zero-order chi connectivity index (χ0) is 13.6. The maximum Gasteiger partial charge on any atom is 0.306 e. The standard InChI is InChI=1S/C13H23NO3S/c1-4-10(2)14-11(15)8-18-9-13(5-6-13)7-12(16)17-3/h10H,4-9H2,1-3H3,(H,14,15). The van der Waals surface area contributed by atoms with E-state index in [1.165, 1.54) is 7.11 Å². The summed E-state index contributed by atoms with van der Waals surface area (Å²) in [5.41, 5.74) is 0.106. The Kier molecular flexibility index (Phi) is 5.99. The van der Waals surface area contributed by atoms with E-state index >= 15 is 0 Å². The molecule has 0 aromatic heterocycles. The highest BCUT2D eigenvalue weighted by atomic mass is 32.2. The highest BCUT2D eigenvalue weighted by Gasteiger charge is 2.44. The van der Waals surface area contributed by atoms with Crippen LogP contribution in [-0.4, -0.2) is 36.5 Å². The molecule has 1 aliphatic rings. The first-order valence-electron chi connectivity index (χ1n) is 6.45. The fourth-order valence-electron chi connectivity index (χ4n) is 1.71. The number of carbonyl (C=O) groups excluding carboxylic acids is 2. The van der Waals surface area contributed by atoms with Gasteiger partial charge < -0.3 is 10.1 Å². The maximum atomic E-state index is 11.6. The van der Waals surface area contributed by atoms with Gasteiger partial charge in [0.15, 0.2) is 0 Å². The van der Waals surface area contributed by atoms with Crippen LogP contribution >= 0.6 is 11.8 Å². The van der Waals surface area contributed by atoms with Gasteiger partial charge in [-0.3, -0.25) is 9.59 Å². The SMILES string of the molecule is CCC(C)NC(=O)CSCC1(CC(=O)OC)CC1. The van der Waals surface area contributed by atoms with Gasteiger partial charge in [-0.25, -0.2) is 0 Å². The summed E-state index contributed by atoms with van der Waals surface area (Å²) in [6.07, 6.45) is 3.58. The second kappa shape index (κ2) is 7.02. The van der Waals surface area contributed by atoms with Gasteiger partial charge in [0, 0.05) is 6.04 Å². The van der Waals surface area contributed by atoms with E-state index in [0.717, 1.165) is 25.0 Å². The summed E-state index contributed by atoms with van der Waals surface area (Å²) in [7, 11) is 1.42. The van der Waals surface area contributed by atoms with Crippen LogP contribution in [0.4, 0.5) is 0 Å². The highest BCUT2D eigenvalue weighted by molar-refractivity contribution is 7.99. The molecule has 1 amide bonds. The normalized spacial score (nSPS) is 17.9. The summed E-state index contributed by atoms with van der Waals surface area (Å²) in [6, 6.07) is 0.239. The predicted molar refractivity (Wildman–Crippen MR) is 73.5 cm³/mol. The topological polar surface area (TPSA) is 55.4 Å². The summed E-state index contributed by atoms with van der Waals surface area (Å²) < 4.78 is 4.69. The van der Waals surface area contributed by atoms with Crippen molar-refractivity contribution in [1.82, 2.24) is 5.32 Å². The molecule has 0 bridgehead atoms. The number of hydrogen-bond acceptors (Lipinski definition) is 4. The van der Waals surface area contributed by atoms with E-state index in [1.54, 1.807) is 11.8 Å². The molecule has 0 heterocycles. The van der Waals surface area contributed by atoms with Crippen molar-refractivity contribution in [3.05, 3.63) is 0 Å². The summed E-state index contributed by atoms with van der Waals surface area (Å²) >= 11 is 1.62. The van der Waals surface area contributed by atoms with Crippen LogP contribution in [0.5, 0.6) is 0 Å². The van der Waals surface area contributed by atoms with Crippen molar-refractivity contribution in [3.8, 4) is 0 Å². The molecule has 1 saturated carbocycles. The summed E-state index contributed by atoms with van der Waals surface area (Å²) in [5, 5.41) is 2.94. The van der Waals surface area contributed by atoms with E-state index < -0.39 is 0 Å². The van der Waals surface area contributed by atoms with E-state index in [9.17, 15) is 9.59 Å². The zero-order valence-corrected chi connectivity index (χ0v) is 12.3. The molecule has 0 saturated heterocycles. The van der Waals surface area contributed by atoms with Crippen molar-refractivity contribution in [2.45, 2.75) is 45.6 Å². The molecule has 0 aliphatic heterocycles. The van der Waals surface area contributed by atoms with Crippen molar-refractivity contribution in [3.63, 3.8) is 0 Å². The number of amides is 1. The highest BCUT2D eigenvalue weighted by Crippen LogP contribution is 2.51. The second-order valence-electron chi connectivity index (χ2n) is 5.12. The molecule has 1 aliphatic carbocycles. The Hall–Kier alpha value is -0.710. The average Bonchev–Trinajstić information content (AvgIpc) is 3.08. The zero-order valence-electron chi connectivity index (χ0n) is 11.5. The molecule has 4 nitrogen and oxygen atoms in total. The van der Waals surface area contributed by atoms with Crippen LogP contribution in [0.25, 0.3) is 0 Å².